The molecule has 0 radical (unpaired) electrons. The van der Waals surface area contributed by atoms with Gasteiger partial charge in [0.25, 0.3) is 5.91 Å². The number of aromatic amines is 1. The van der Waals surface area contributed by atoms with E-state index in [1.54, 1.807) is 36.4 Å². The van der Waals surface area contributed by atoms with Crippen molar-refractivity contribution in [1.29, 1.82) is 0 Å². The average Bonchev–Trinajstić information content (AvgIpc) is 3.32. The first-order chi connectivity index (χ1) is 19.2. The third kappa shape index (κ3) is 5.74. The van der Waals surface area contributed by atoms with E-state index in [2.05, 4.69) is 15.5 Å². The summed E-state index contributed by atoms with van der Waals surface area (Å²) in [5, 5.41) is 5.30. The minimum atomic E-state index is -4.60. The lowest BCUT2D eigenvalue weighted by Gasteiger charge is -2.10. The Bertz CT molecular complexity index is 1750. The van der Waals surface area contributed by atoms with Gasteiger partial charge in [0, 0.05) is 27.1 Å². The van der Waals surface area contributed by atoms with Crippen LogP contribution < -0.4 is 10.2 Å². The maximum absolute atomic E-state index is 13.2. The first-order valence-electron chi connectivity index (χ1n) is 11.9. The van der Waals surface area contributed by atoms with Crippen molar-refractivity contribution < 1.29 is 27.5 Å². The second kappa shape index (κ2) is 11.1. The van der Waals surface area contributed by atoms with E-state index in [1.807, 2.05) is 30.3 Å². The second-order valence-corrected chi connectivity index (χ2v) is 9.07. The molecule has 0 unspecified atom stereocenters. The molecule has 0 saturated carbocycles. The highest BCUT2D eigenvalue weighted by molar-refractivity contribution is 6.31. The van der Waals surface area contributed by atoms with Crippen molar-refractivity contribution in [3.05, 3.63) is 124 Å². The van der Waals surface area contributed by atoms with Gasteiger partial charge in [0.05, 0.1) is 17.3 Å². The second-order valence-electron chi connectivity index (χ2n) is 8.64. The predicted octanol–water partition coefficient (Wildman–Crippen LogP) is 7.49. The Balaban J connectivity index is 1.37. The van der Waals surface area contributed by atoms with Crippen molar-refractivity contribution in [3.63, 3.8) is 0 Å². The number of amides is 1. The van der Waals surface area contributed by atoms with Crippen LogP contribution in [0.15, 0.2) is 102 Å². The maximum Gasteiger partial charge on any atom is 0.416 e. The largest absolute Gasteiger partial charge is 0.422 e. The number of para-hydroxylation sites is 1. The van der Waals surface area contributed by atoms with E-state index in [0.717, 1.165) is 29.1 Å². The Morgan fingerprint density at radius 2 is 1.65 bits per heavy atom. The van der Waals surface area contributed by atoms with E-state index in [1.165, 1.54) is 18.3 Å². The highest BCUT2D eigenvalue weighted by Crippen LogP contribution is 2.34. The van der Waals surface area contributed by atoms with Crippen molar-refractivity contribution >= 4 is 40.6 Å². The van der Waals surface area contributed by atoms with Gasteiger partial charge in [-0.1, -0.05) is 60.1 Å². The number of carbonyl (C=O) groups excluding carboxylic acids is 2. The zero-order chi connectivity index (χ0) is 28.3. The minimum Gasteiger partial charge on any atom is -0.422 e. The third-order valence-electron chi connectivity index (χ3n) is 5.97. The molecule has 0 atom stereocenters. The smallest absolute Gasteiger partial charge is 0.416 e. The number of fused-ring (bicyclic) bond motifs is 1. The number of ether oxygens (including phenoxy) is 1. The van der Waals surface area contributed by atoms with Crippen molar-refractivity contribution in [1.82, 2.24) is 10.4 Å². The van der Waals surface area contributed by atoms with Gasteiger partial charge in [-0.2, -0.15) is 18.3 Å². The Labute approximate surface area is 231 Å². The first kappa shape index (κ1) is 26.7. The van der Waals surface area contributed by atoms with Crippen molar-refractivity contribution in [2.45, 2.75) is 6.18 Å². The Kier molecular flexibility index (Phi) is 7.39. The number of nitrogens with zero attached hydrogens (tertiary/aromatic N) is 1. The van der Waals surface area contributed by atoms with Crippen LogP contribution in [0.3, 0.4) is 0 Å². The molecule has 200 valence electrons. The van der Waals surface area contributed by atoms with Crippen LogP contribution in [0.25, 0.3) is 22.0 Å². The van der Waals surface area contributed by atoms with Crippen molar-refractivity contribution in [2.75, 3.05) is 0 Å². The zero-order valence-corrected chi connectivity index (χ0v) is 21.3. The predicted molar refractivity (Wildman–Crippen MR) is 147 cm³/mol. The fourth-order valence-corrected chi connectivity index (χ4v) is 4.29. The lowest BCUT2D eigenvalue weighted by atomic mass is 10.0. The summed E-state index contributed by atoms with van der Waals surface area (Å²) >= 11 is 6.21. The molecule has 0 aliphatic rings. The van der Waals surface area contributed by atoms with E-state index in [0.29, 0.717) is 21.7 Å². The number of hydrazone groups is 1. The lowest BCUT2D eigenvalue weighted by Crippen LogP contribution is -2.19. The summed E-state index contributed by atoms with van der Waals surface area (Å²) in [7, 11) is 0. The SMILES string of the molecule is O=C(Oc1ccccc1C=NNC(=O)c1[nH]c2ccc(Cl)cc2c1-c1ccccc1)c1cccc(C(F)(F)F)c1. The molecule has 0 fully saturated rings. The molecule has 4 aromatic carbocycles. The Morgan fingerprint density at radius 1 is 0.900 bits per heavy atom. The number of esters is 1. The molecule has 0 aliphatic heterocycles. The number of nitrogens with one attached hydrogen (secondary N) is 2. The summed E-state index contributed by atoms with van der Waals surface area (Å²) < 4.78 is 44.5. The van der Waals surface area contributed by atoms with Crippen molar-refractivity contribution in [3.8, 4) is 16.9 Å². The monoisotopic (exact) mass is 561 g/mol. The molecule has 0 saturated heterocycles. The van der Waals surface area contributed by atoms with Crippen LogP contribution in [0, 0.1) is 0 Å². The Morgan fingerprint density at radius 3 is 2.42 bits per heavy atom. The fraction of sp³-hybridized carbons (Fsp3) is 0.0333. The number of hydrogen-bond donors (Lipinski definition) is 2. The van der Waals surface area contributed by atoms with Gasteiger partial charge in [-0.05, 0) is 54.1 Å². The number of hydrogen-bond acceptors (Lipinski definition) is 4. The van der Waals surface area contributed by atoms with Crippen LogP contribution in [-0.4, -0.2) is 23.1 Å². The zero-order valence-electron chi connectivity index (χ0n) is 20.5. The topological polar surface area (TPSA) is 83.5 Å². The number of rotatable bonds is 6. The van der Waals surface area contributed by atoms with E-state index < -0.39 is 23.6 Å². The molecule has 1 heterocycles. The summed E-state index contributed by atoms with van der Waals surface area (Å²) in [6.07, 6.45) is -3.33. The third-order valence-corrected chi connectivity index (χ3v) is 6.20. The van der Waals surface area contributed by atoms with Crippen molar-refractivity contribution in [2.24, 2.45) is 5.10 Å². The quantitative estimate of drug-likeness (QED) is 0.0975. The van der Waals surface area contributed by atoms with Gasteiger partial charge in [-0.25, -0.2) is 10.2 Å². The summed E-state index contributed by atoms with van der Waals surface area (Å²) in [6.45, 7) is 0. The van der Waals surface area contributed by atoms with E-state index in [4.69, 9.17) is 16.3 Å². The number of carbonyl (C=O) groups is 2. The van der Waals surface area contributed by atoms with Crippen LogP contribution in [0.1, 0.15) is 32.0 Å². The number of alkyl halides is 3. The molecule has 6 nitrogen and oxygen atoms in total. The van der Waals surface area contributed by atoms with Gasteiger partial charge in [0.2, 0.25) is 0 Å². The molecule has 40 heavy (non-hydrogen) atoms. The summed E-state index contributed by atoms with van der Waals surface area (Å²) in [5.74, 6) is -1.45. The molecule has 5 rings (SSSR count). The molecule has 1 amide bonds. The van der Waals surface area contributed by atoms with E-state index >= 15 is 0 Å². The molecule has 1 aromatic heterocycles. The molecule has 2 N–H and O–H groups in total. The molecule has 5 aromatic rings. The molecule has 10 heteroatoms. The molecule has 0 aliphatic carbocycles. The summed E-state index contributed by atoms with van der Waals surface area (Å²) in [6, 6.07) is 24.8. The Hall–Kier alpha value is -4.89. The van der Waals surface area contributed by atoms with Gasteiger partial charge < -0.3 is 9.72 Å². The maximum atomic E-state index is 13.2. The normalized spacial score (nSPS) is 11.6. The number of aromatic nitrogens is 1. The highest BCUT2D eigenvalue weighted by atomic mass is 35.5. The van der Waals surface area contributed by atoms with Crippen LogP contribution in [0.4, 0.5) is 13.2 Å². The fourth-order valence-electron chi connectivity index (χ4n) is 4.12. The number of H-pyrrole nitrogens is 1. The average molecular weight is 562 g/mol. The van der Waals surface area contributed by atoms with Gasteiger partial charge in [0.15, 0.2) is 0 Å². The standard InChI is InChI=1S/C30H19ClF3N3O3/c31-22-13-14-24-23(16-22)26(18-7-2-1-3-8-18)27(36-24)28(38)37-35-17-20-9-4-5-12-25(20)40-29(39)19-10-6-11-21(15-19)30(32,33)34/h1-17,36H,(H,37,38). The van der Waals surface area contributed by atoms with Crippen LogP contribution in [-0.2, 0) is 6.18 Å². The molecular formula is C30H19ClF3N3O3. The summed E-state index contributed by atoms with van der Waals surface area (Å²) in [5.41, 5.74) is 4.00. The van der Waals surface area contributed by atoms with Gasteiger partial charge in [-0.3, -0.25) is 4.79 Å². The number of benzene rings is 4. The van der Waals surface area contributed by atoms with Gasteiger partial charge >= 0.3 is 12.1 Å². The van der Waals surface area contributed by atoms with Crippen LogP contribution in [0.2, 0.25) is 5.02 Å². The van der Waals surface area contributed by atoms with Gasteiger partial charge in [-0.15, -0.1) is 0 Å². The molecule has 0 spiro atoms. The van der Waals surface area contributed by atoms with Gasteiger partial charge in [0.1, 0.15) is 11.4 Å². The molecule has 0 bridgehead atoms. The minimum absolute atomic E-state index is 0.0492. The van der Waals surface area contributed by atoms with E-state index in [-0.39, 0.29) is 17.0 Å². The van der Waals surface area contributed by atoms with Crippen LogP contribution >= 0.6 is 11.6 Å². The highest BCUT2D eigenvalue weighted by Gasteiger charge is 2.31. The lowest BCUT2D eigenvalue weighted by molar-refractivity contribution is -0.137. The van der Waals surface area contributed by atoms with E-state index in [9.17, 15) is 22.8 Å². The van der Waals surface area contributed by atoms with Crippen LogP contribution in [0.5, 0.6) is 5.75 Å². The molecular weight excluding hydrogens is 543 g/mol. The summed E-state index contributed by atoms with van der Waals surface area (Å²) in [4.78, 5) is 28.9. The number of halogens is 4. The first-order valence-corrected chi connectivity index (χ1v) is 12.3.